The minimum Gasteiger partial charge on any atom is -0.377 e. The van der Waals surface area contributed by atoms with Gasteiger partial charge in [0.15, 0.2) is 5.82 Å². The summed E-state index contributed by atoms with van der Waals surface area (Å²) in [6, 6.07) is 0.576. The van der Waals surface area contributed by atoms with Gasteiger partial charge in [-0.05, 0) is 39.3 Å². The van der Waals surface area contributed by atoms with Gasteiger partial charge in [0.25, 0.3) is 0 Å². The molecule has 3 heterocycles. The van der Waals surface area contributed by atoms with Gasteiger partial charge in [0.05, 0.1) is 12.6 Å². The van der Waals surface area contributed by atoms with Crippen molar-refractivity contribution in [2.45, 2.75) is 57.7 Å². The molecule has 2 saturated heterocycles. The number of nitrogens with zero attached hydrogens (tertiary/aromatic N) is 4. The van der Waals surface area contributed by atoms with Crippen LogP contribution in [0, 0.1) is 0 Å². The minimum atomic E-state index is 0.446. The first-order chi connectivity index (χ1) is 10.7. The average molecular weight is 308 g/mol. The van der Waals surface area contributed by atoms with Crippen molar-refractivity contribution in [2.75, 3.05) is 33.3 Å². The number of aromatic nitrogens is 2. The minimum absolute atomic E-state index is 0.446. The smallest absolute Gasteiger partial charge is 0.226 e. The Morgan fingerprint density at radius 2 is 2.23 bits per heavy atom. The molecule has 22 heavy (non-hydrogen) atoms. The maximum absolute atomic E-state index is 5.86. The fourth-order valence-corrected chi connectivity index (χ4v) is 3.43. The van der Waals surface area contributed by atoms with Crippen molar-refractivity contribution in [1.82, 2.24) is 19.9 Å². The summed E-state index contributed by atoms with van der Waals surface area (Å²) < 4.78 is 11.0. The number of hydrogen-bond acceptors (Lipinski definition) is 6. The molecule has 0 saturated carbocycles. The first-order valence-electron chi connectivity index (χ1n) is 8.60. The molecule has 1 aromatic rings. The van der Waals surface area contributed by atoms with E-state index in [-0.39, 0.29) is 0 Å². The van der Waals surface area contributed by atoms with Crippen LogP contribution in [0.3, 0.4) is 0 Å². The monoisotopic (exact) mass is 308 g/mol. The number of aryl methyl sites for hydroxylation is 1. The molecule has 3 rings (SSSR count). The van der Waals surface area contributed by atoms with Crippen LogP contribution < -0.4 is 0 Å². The SMILES string of the molecule is CCc1nc(CN(C)[C@@H]2CCN(C[C@H]3CCCCO3)C2)no1. The van der Waals surface area contributed by atoms with E-state index in [0.29, 0.717) is 12.1 Å². The summed E-state index contributed by atoms with van der Waals surface area (Å²) >= 11 is 0. The van der Waals surface area contributed by atoms with Gasteiger partial charge in [0.2, 0.25) is 5.89 Å². The molecule has 0 aromatic carbocycles. The third kappa shape index (κ3) is 4.06. The molecule has 0 aliphatic carbocycles. The lowest BCUT2D eigenvalue weighted by Crippen LogP contribution is -2.38. The Balaban J connectivity index is 1.44. The molecule has 1 aromatic heterocycles. The van der Waals surface area contributed by atoms with Crippen molar-refractivity contribution in [3.63, 3.8) is 0 Å². The predicted molar refractivity (Wildman–Crippen MR) is 83.6 cm³/mol. The summed E-state index contributed by atoms with van der Waals surface area (Å²) in [5.41, 5.74) is 0. The molecule has 2 fully saturated rings. The fraction of sp³-hybridized carbons (Fsp3) is 0.875. The Kier molecular flexibility index (Phi) is 5.44. The lowest BCUT2D eigenvalue weighted by molar-refractivity contribution is -0.00281. The van der Waals surface area contributed by atoms with E-state index in [1.54, 1.807) is 0 Å². The number of ether oxygens (including phenoxy) is 1. The van der Waals surface area contributed by atoms with E-state index in [9.17, 15) is 0 Å². The zero-order valence-corrected chi connectivity index (χ0v) is 13.8. The van der Waals surface area contributed by atoms with Crippen LogP contribution in [0.15, 0.2) is 4.52 Å². The molecular weight excluding hydrogens is 280 g/mol. The molecule has 0 amide bonds. The van der Waals surface area contributed by atoms with Crippen LogP contribution in [0.5, 0.6) is 0 Å². The van der Waals surface area contributed by atoms with Gasteiger partial charge < -0.3 is 9.26 Å². The molecule has 124 valence electrons. The summed E-state index contributed by atoms with van der Waals surface area (Å²) in [5, 5.41) is 4.05. The first kappa shape index (κ1) is 15.9. The molecule has 0 unspecified atom stereocenters. The molecule has 2 aliphatic rings. The topological polar surface area (TPSA) is 54.6 Å². The van der Waals surface area contributed by atoms with Crippen molar-refractivity contribution in [1.29, 1.82) is 0 Å². The number of rotatable bonds is 6. The van der Waals surface area contributed by atoms with Crippen LogP contribution in [0.4, 0.5) is 0 Å². The van der Waals surface area contributed by atoms with Gasteiger partial charge in [-0.2, -0.15) is 4.98 Å². The zero-order valence-electron chi connectivity index (χ0n) is 13.8. The predicted octanol–water partition coefficient (Wildman–Crippen LogP) is 1.71. The number of likely N-dealkylation sites (N-methyl/N-ethyl adjacent to an activating group) is 1. The van der Waals surface area contributed by atoms with Gasteiger partial charge in [0.1, 0.15) is 0 Å². The molecule has 0 spiro atoms. The second-order valence-corrected chi connectivity index (χ2v) is 6.56. The van der Waals surface area contributed by atoms with E-state index >= 15 is 0 Å². The largest absolute Gasteiger partial charge is 0.377 e. The highest BCUT2D eigenvalue weighted by atomic mass is 16.5. The molecule has 6 heteroatoms. The standard InChI is InChI=1S/C16H28N4O2/c1-3-16-17-15(18-22-16)12-19(2)13-7-8-20(10-13)11-14-6-4-5-9-21-14/h13-14H,3-12H2,1-2H3/t13-,14-/m1/s1. The molecular formula is C16H28N4O2. The van der Waals surface area contributed by atoms with Crippen LogP contribution in [-0.4, -0.2) is 65.4 Å². The van der Waals surface area contributed by atoms with Gasteiger partial charge in [-0.1, -0.05) is 12.1 Å². The van der Waals surface area contributed by atoms with Gasteiger partial charge in [-0.3, -0.25) is 9.80 Å². The molecule has 0 bridgehead atoms. The van der Waals surface area contributed by atoms with Crippen LogP contribution in [0.25, 0.3) is 0 Å². The van der Waals surface area contributed by atoms with E-state index in [0.717, 1.165) is 44.4 Å². The highest BCUT2D eigenvalue weighted by molar-refractivity contribution is 4.89. The van der Waals surface area contributed by atoms with Gasteiger partial charge in [-0.25, -0.2) is 0 Å². The Morgan fingerprint density at radius 3 is 2.95 bits per heavy atom. The molecule has 2 aliphatic heterocycles. The molecule has 0 radical (unpaired) electrons. The van der Waals surface area contributed by atoms with E-state index in [4.69, 9.17) is 9.26 Å². The van der Waals surface area contributed by atoms with Crippen LogP contribution in [-0.2, 0) is 17.7 Å². The molecule has 2 atom stereocenters. The van der Waals surface area contributed by atoms with Gasteiger partial charge in [-0.15, -0.1) is 0 Å². The summed E-state index contributed by atoms with van der Waals surface area (Å²) in [6.45, 7) is 7.12. The van der Waals surface area contributed by atoms with E-state index in [1.807, 2.05) is 6.92 Å². The number of hydrogen-bond donors (Lipinski definition) is 0. The van der Waals surface area contributed by atoms with E-state index in [1.165, 1.54) is 32.2 Å². The maximum atomic E-state index is 5.86. The summed E-state index contributed by atoms with van der Waals surface area (Å²) in [6.07, 6.45) is 6.23. The average Bonchev–Trinajstić information content (AvgIpc) is 3.17. The van der Waals surface area contributed by atoms with Crippen molar-refractivity contribution in [3.05, 3.63) is 11.7 Å². The summed E-state index contributed by atoms with van der Waals surface area (Å²) in [7, 11) is 2.16. The molecule has 6 nitrogen and oxygen atoms in total. The van der Waals surface area contributed by atoms with Crippen molar-refractivity contribution < 1.29 is 9.26 Å². The van der Waals surface area contributed by atoms with Crippen LogP contribution >= 0.6 is 0 Å². The Morgan fingerprint density at radius 1 is 1.32 bits per heavy atom. The quantitative estimate of drug-likeness (QED) is 0.797. The Bertz CT molecular complexity index is 459. The summed E-state index contributed by atoms with van der Waals surface area (Å²) in [5.74, 6) is 1.53. The first-order valence-corrected chi connectivity index (χ1v) is 8.60. The highest BCUT2D eigenvalue weighted by Gasteiger charge is 2.28. The Labute approximate surface area is 132 Å². The highest BCUT2D eigenvalue weighted by Crippen LogP contribution is 2.20. The van der Waals surface area contributed by atoms with Crippen molar-refractivity contribution in [2.24, 2.45) is 0 Å². The third-order valence-electron chi connectivity index (χ3n) is 4.81. The summed E-state index contributed by atoms with van der Waals surface area (Å²) in [4.78, 5) is 9.30. The second kappa shape index (κ2) is 7.53. The molecule has 0 N–H and O–H groups in total. The fourth-order valence-electron chi connectivity index (χ4n) is 3.43. The lowest BCUT2D eigenvalue weighted by atomic mass is 10.1. The van der Waals surface area contributed by atoms with Gasteiger partial charge in [0, 0.05) is 32.2 Å². The zero-order chi connectivity index (χ0) is 15.4. The maximum Gasteiger partial charge on any atom is 0.226 e. The van der Waals surface area contributed by atoms with Gasteiger partial charge >= 0.3 is 0 Å². The third-order valence-corrected chi connectivity index (χ3v) is 4.81. The van der Waals surface area contributed by atoms with Crippen LogP contribution in [0.2, 0.25) is 0 Å². The number of likely N-dealkylation sites (tertiary alicyclic amines) is 1. The van der Waals surface area contributed by atoms with Crippen molar-refractivity contribution in [3.8, 4) is 0 Å². The van der Waals surface area contributed by atoms with E-state index in [2.05, 4.69) is 27.0 Å². The van der Waals surface area contributed by atoms with Crippen molar-refractivity contribution >= 4 is 0 Å². The lowest BCUT2D eigenvalue weighted by Gasteiger charge is -2.28. The normalized spacial score (nSPS) is 26.9. The van der Waals surface area contributed by atoms with E-state index < -0.39 is 0 Å². The van der Waals surface area contributed by atoms with Crippen LogP contribution in [0.1, 0.15) is 44.3 Å². The second-order valence-electron chi connectivity index (χ2n) is 6.56. The Hall–Kier alpha value is -0.980.